The van der Waals surface area contributed by atoms with Crippen LogP contribution in [0, 0.1) is 0 Å². The number of hydrogen-bond acceptors (Lipinski definition) is 4. The molecule has 1 aliphatic heterocycles. The van der Waals surface area contributed by atoms with Crippen molar-refractivity contribution in [2.24, 2.45) is 15.2 Å². The highest BCUT2D eigenvalue weighted by Gasteiger charge is 2.14. The standard InChI is InChI=1S/C12H13N5O/c1-8-11(18)14-12(16-15-8)13-9-4-6-10(7-5-9)17(2)3/h4-7H,1H2,2-3H3,(H,13,14,18). The lowest BCUT2D eigenvalue weighted by Crippen LogP contribution is -2.32. The molecule has 0 radical (unpaired) electrons. The topological polar surface area (TPSA) is 69.4 Å². The minimum Gasteiger partial charge on any atom is -0.378 e. The molecule has 2 rings (SSSR count). The Morgan fingerprint density at radius 3 is 2.44 bits per heavy atom. The van der Waals surface area contributed by atoms with Crippen LogP contribution in [0.5, 0.6) is 0 Å². The fraction of sp³-hybridized carbons (Fsp3) is 0.167. The lowest BCUT2D eigenvalue weighted by atomic mass is 10.3. The van der Waals surface area contributed by atoms with Gasteiger partial charge in [-0.3, -0.25) is 10.1 Å². The summed E-state index contributed by atoms with van der Waals surface area (Å²) >= 11 is 0. The third-order valence-corrected chi connectivity index (χ3v) is 2.35. The number of carbonyl (C=O) groups excluding carboxylic acids is 1. The van der Waals surface area contributed by atoms with E-state index in [1.807, 2.05) is 43.3 Å². The molecule has 0 spiro atoms. The zero-order valence-electron chi connectivity index (χ0n) is 10.2. The molecule has 0 unspecified atom stereocenters. The molecule has 0 fully saturated rings. The minimum absolute atomic E-state index is 0.0805. The molecular weight excluding hydrogens is 230 g/mol. The Hall–Kier alpha value is -2.50. The number of aliphatic imine (C=N–C) groups is 1. The van der Waals surface area contributed by atoms with Gasteiger partial charge >= 0.3 is 0 Å². The quantitative estimate of drug-likeness (QED) is 0.805. The molecule has 1 aromatic carbocycles. The van der Waals surface area contributed by atoms with Crippen LogP contribution in [0.3, 0.4) is 0 Å². The Labute approximate surface area is 105 Å². The van der Waals surface area contributed by atoms with Crippen molar-refractivity contribution in [3.63, 3.8) is 0 Å². The van der Waals surface area contributed by atoms with Crippen LogP contribution < -0.4 is 10.2 Å². The number of anilines is 1. The summed E-state index contributed by atoms with van der Waals surface area (Å²) in [5.41, 5.74) is 1.85. The van der Waals surface area contributed by atoms with Crippen LogP contribution in [0.1, 0.15) is 0 Å². The monoisotopic (exact) mass is 243 g/mol. The first-order valence-corrected chi connectivity index (χ1v) is 5.34. The van der Waals surface area contributed by atoms with Gasteiger partial charge in [-0.05, 0) is 24.3 Å². The summed E-state index contributed by atoms with van der Waals surface area (Å²) in [6, 6.07) is 7.54. The number of amides is 1. The fourth-order valence-corrected chi connectivity index (χ4v) is 1.35. The van der Waals surface area contributed by atoms with Gasteiger partial charge in [-0.25, -0.2) is 4.99 Å². The summed E-state index contributed by atoms with van der Waals surface area (Å²) in [6.07, 6.45) is 0. The maximum Gasteiger partial charge on any atom is 0.277 e. The number of guanidine groups is 1. The zero-order valence-corrected chi connectivity index (χ0v) is 10.2. The number of hydrogen-bond donors (Lipinski definition) is 1. The Morgan fingerprint density at radius 1 is 1.22 bits per heavy atom. The Balaban J connectivity index is 2.21. The molecule has 92 valence electrons. The van der Waals surface area contributed by atoms with Gasteiger partial charge in [0, 0.05) is 19.8 Å². The maximum atomic E-state index is 11.3. The highest BCUT2D eigenvalue weighted by Crippen LogP contribution is 2.18. The number of nitrogens with one attached hydrogen (secondary N) is 1. The molecule has 0 aliphatic carbocycles. The number of carbonyl (C=O) groups is 1. The number of nitrogens with zero attached hydrogens (tertiary/aromatic N) is 4. The van der Waals surface area contributed by atoms with Crippen LogP contribution in [0.2, 0.25) is 0 Å². The second kappa shape index (κ2) is 4.79. The van der Waals surface area contributed by atoms with Gasteiger partial charge in [-0.2, -0.15) is 0 Å². The predicted octanol–water partition coefficient (Wildman–Crippen LogP) is 1.84. The molecule has 1 amide bonds. The normalized spacial score (nSPS) is 16.9. The van der Waals surface area contributed by atoms with Gasteiger partial charge in [0.2, 0.25) is 5.96 Å². The summed E-state index contributed by atoms with van der Waals surface area (Å²) in [5.74, 6) is -0.210. The van der Waals surface area contributed by atoms with E-state index in [1.54, 1.807) is 0 Å². The first-order chi connectivity index (χ1) is 8.56. The molecule has 0 atom stereocenters. The lowest BCUT2D eigenvalue weighted by Gasteiger charge is -2.12. The average molecular weight is 243 g/mol. The van der Waals surface area contributed by atoms with E-state index in [0.29, 0.717) is 5.69 Å². The van der Waals surface area contributed by atoms with Crippen molar-refractivity contribution in [1.82, 2.24) is 5.32 Å². The smallest absolute Gasteiger partial charge is 0.277 e. The Morgan fingerprint density at radius 2 is 1.89 bits per heavy atom. The highest BCUT2D eigenvalue weighted by atomic mass is 16.2. The van der Waals surface area contributed by atoms with E-state index in [0.717, 1.165) is 5.69 Å². The van der Waals surface area contributed by atoms with E-state index < -0.39 is 0 Å². The van der Waals surface area contributed by atoms with E-state index in [2.05, 4.69) is 27.1 Å². The van der Waals surface area contributed by atoms with Crippen LogP contribution in [0.15, 0.2) is 51.8 Å². The highest BCUT2D eigenvalue weighted by molar-refractivity contribution is 6.07. The molecule has 6 heteroatoms. The summed E-state index contributed by atoms with van der Waals surface area (Å²) in [7, 11) is 3.92. The second-order valence-corrected chi connectivity index (χ2v) is 3.95. The largest absolute Gasteiger partial charge is 0.378 e. The van der Waals surface area contributed by atoms with Crippen molar-refractivity contribution in [1.29, 1.82) is 0 Å². The van der Waals surface area contributed by atoms with E-state index in [4.69, 9.17) is 0 Å². The first-order valence-electron chi connectivity index (χ1n) is 5.34. The summed E-state index contributed by atoms with van der Waals surface area (Å²) in [4.78, 5) is 17.4. The van der Waals surface area contributed by atoms with E-state index >= 15 is 0 Å². The van der Waals surface area contributed by atoms with E-state index in [9.17, 15) is 4.79 Å². The van der Waals surface area contributed by atoms with Crippen molar-refractivity contribution in [2.45, 2.75) is 0 Å². The molecule has 0 bridgehead atoms. The number of rotatable bonds is 2. The molecule has 1 aliphatic rings. The molecule has 0 aromatic heterocycles. The van der Waals surface area contributed by atoms with Crippen LogP contribution in [0.4, 0.5) is 11.4 Å². The van der Waals surface area contributed by atoms with Crippen molar-refractivity contribution >= 4 is 23.2 Å². The van der Waals surface area contributed by atoms with Crippen LogP contribution in [-0.2, 0) is 4.79 Å². The summed E-state index contributed by atoms with van der Waals surface area (Å²) in [5, 5.41) is 9.85. The lowest BCUT2D eigenvalue weighted by molar-refractivity contribution is -0.116. The fourth-order valence-electron chi connectivity index (χ4n) is 1.35. The summed E-state index contributed by atoms with van der Waals surface area (Å²) < 4.78 is 0. The van der Waals surface area contributed by atoms with E-state index in [-0.39, 0.29) is 17.6 Å². The van der Waals surface area contributed by atoms with E-state index in [1.165, 1.54) is 0 Å². The van der Waals surface area contributed by atoms with Gasteiger partial charge in [0.1, 0.15) is 5.70 Å². The van der Waals surface area contributed by atoms with Crippen LogP contribution in [-0.4, -0.2) is 26.0 Å². The molecule has 1 aromatic rings. The third kappa shape index (κ3) is 2.60. The first kappa shape index (κ1) is 12.0. The number of benzene rings is 1. The Bertz CT molecular complexity index is 542. The molecule has 6 nitrogen and oxygen atoms in total. The Kier molecular flexibility index (Phi) is 3.18. The zero-order chi connectivity index (χ0) is 13.1. The maximum absolute atomic E-state index is 11.3. The van der Waals surface area contributed by atoms with Gasteiger partial charge in [0.15, 0.2) is 0 Å². The van der Waals surface area contributed by atoms with Gasteiger partial charge in [0.25, 0.3) is 5.91 Å². The van der Waals surface area contributed by atoms with Crippen LogP contribution >= 0.6 is 0 Å². The van der Waals surface area contributed by atoms with Crippen molar-refractivity contribution < 1.29 is 4.79 Å². The molecule has 0 saturated heterocycles. The molecule has 0 saturated carbocycles. The molecule has 1 N–H and O–H groups in total. The molecule has 18 heavy (non-hydrogen) atoms. The van der Waals surface area contributed by atoms with Gasteiger partial charge in [-0.15, -0.1) is 10.2 Å². The number of azo groups is 1. The van der Waals surface area contributed by atoms with Gasteiger partial charge < -0.3 is 4.90 Å². The predicted molar refractivity (Wildman–Crippen MR) is 70.0 cm³/mol. The second-order valence-electron chi connectivity index (χ2n) is 3.95. The third-order valence-electron chi connectivity index (χ3n) is 2.35. The average Bonchev–Trinajstić information content (AvgIpc) is 2.34. The van der Waals surface area contributed by atoms with Crippen molar-refractivity contribution in [2.75, 3.05) is 19.0 Å². The molecular formula is C12H13N5O. The van der Waals surface area contributed by atoms with Gasteiger partial charge in [0.05, 0.1) is 5.69 Å². The molecule has 1 heterocycles. The van der Waals surface area contributed by atoms with Gasteiger partial charge in [-0.1, -0.05) is 6.58 Å². The minimum atomic E-state index is -0.381. The van der Waals surface area contributed by atoms with Crippen LogP contribution in [0.25, 0.3) is 0 Å². The summed E-state index contributed by atoms with van der Waals surface area (Å²) in [6.45, 7) is 3.43. The SMILES string of the molecule is C=C1N=NC(=Nc2ccc(N(C)C)cc2)NC1=O. The van der Waals surface area contributed by atoms with Crippen molar-refractivity contribution in [3.05, 3.63) is 36.5 Å². The van der Waals surface area contributed by atoms with Crippen molar-refractivity contribution in [3.8, 4) is 0 Å².